The Bertz CT molecular complexity index is 1100. The molecule has 1 aliphatic carbocycles. The van der Waals surface area contributed by atoms with Crippen molar-refractivity contribution in [3.05, 3.63) is 69.2 Å². The number of halogens is 3. The number of fused-ring (bicyclic) bond motifs is 1. The Hall–Kier alpha value is -2.32. The Morgan fingerprint density at radius 3 is 2.74 bits per heavy atom. The number of nitrogens with two attached hydrogens (primary N) is 1. The number of urea groups is 1. The van der Waals surface area contributed by atoms with Gasteiger partial charge in [-0.05, 0) is 43.5 Å². The number of aromatic nitrogens is 1. The number of anilines is 1. The van der Waals surface area contributed by atoms with E-state index in [0.717, 1.165) is 24.1 Å². The third-order valence-electron chi connectivity index (χ3n) is 5.53. The molecule has 2 heterocycles. The molecule has 1 aromatic carbocycles. The standard InChI is InChI=1S/C22H23Cl2FN4O2/c1-22(26,31)18-17-12-28(21(30)27-14-7-8-16(25)15(23)11-14)9-10-29(17)20(19(18)24)13-5-3-2-4-6-13/h2-3,5,7-8,11,31H,4,6,9-10,12,26H2,1H3,(H,27,30). The molecule has 31 heavy (non-hydrogen) atoms. The zero-order valence-corrected chi connectivity index (χ0v) is 18.5. The maximum atomic E-state index is 13.4. The first-order chi connectivity index (χ1) is 14.7. The van der Waals surface area contributed by atoms with Gasteiger partial charge in [-0.2, -0.15) is 0 Å². The molecule has 0 fully saturated rings. The Balaban J connectivity index is 1.66. The molecule has 0 saturated carbocycles. The molecule has 1 atom stereocenters. The molecular formula is C22H23Cl2FN4O2. The van der Waals surface area contributed by atoms with Crippen LogP contribution in [0.2, 0.25) is 10.0 Å². The van der Waals surface area contributed by atoms with Gasteiger partial charge in [0.1, 0.15) is 11.5 Å². The number of nitrogens with zero attached hydrogens (tertiary/aromatic N) is 2. The summed E-state index contributed by atoms with van der Waals surface area (Å²) in [4.78, 5) is 14.4. The summed E-state index contributed by atoms with van der Waals surface area (Å²) in [7, 11) is 0. The first-order valence-electron chi connectivity index (χ1n) is 9.96. The predicted octanol–water partition coefficient (Wildman–Crippen LogP) is 4.84. The van der Waals surface area contributed by atoms with E-state index in [0.29, 0.717) is 35.1 Å². The highest BCUT2D eigenvalue weighted by Gasteiger charge is 2.36. The average Bonchev–Trinajstić information content (AvgIpc) is 3.02. The Morgan fingerprint density at radius 1 is 1.32 bits per heavy atom. The molecule has 0 radical (unpaired) electrons. The summed E-state index contributed by atoms with van der Waals surface area (Å²) in [6.07, 6.45) is 7.84. The number of aliphatic hydroxyl groups is 1. The summed E-state index contributed by atoms with van der Waals surface area (Å²) < 4.78 is 15.4. The number of allylic oxidation sites excluding steroid dienone is 4. The topological polar surface area (TPSA) is 83.5 Å². The molecule has 2 amide bonds. The van der Waals surface area contributed by atoms with Crippen LogP contribution in [0.15, 0.2) is 36.4 Å². The van der Waals surface area contributed by atoms with Gasteiger partial charge in [-0.1, -0.05) is 41.4 Å². The number of hydrogen-bond donors (Lipinski definition) is 3. The molecule has 0 spiro atoms. The summed E-state index contributed by atoms with van der Waals surface area (Å²) in [6, 6.07) is 3.63. The molecule has 4 rings (SSSR count). The lowest BCUT2D eigenvalue weighted by Gasteiger charge is -2.32. The number of nitrogens with one attached hydrogen (secondary N) is 1. The van der Waals surface area contributed by atoms with E-state index in [9.17, 15) is 14.3 Å². The van der Waals surface area contributed by atoms with Crippen LogP contribution >= 0.6 is 23.2 Å². The fourth-order valence-corrected chi connectivity index (χ4v) is 4.81. The zero-order valence-electron chi connectivity index (χ0n) is 17.0. The minimum absolute atomic E-state index is 0.0713. The normalized spacial score (nSPS) is 17.7. The maximum Gasteiger partial charge on any atom is 0.322 e. The molecule has 0 bridgehead atoms. The van der Waals surface area contributed by atoms with Crippen molar-refractivity contribution in [2.75, 3.05) is 11.9 Å². The van der Waals surface area contributed by atoms with Gasteiger partial charge >= 0.3 is 6.03 Å². The van der Waals surface area contributed by atoms with Crippen molar-refractivity contribution in [1.82, 2.24) is 9.47 Å². The smallest absolute Gasteiger partial charge is 0.322 e. The van der Waals surface area contributed by atoms with E-state index in [1.807, 2.05) is 16.7 Å². The third-order valence-corrected chi connectivity index (χ3v) is 6.19. The second kappa shape index (κ2) is 8.31. The van der Waals surface area contributed by atoms with Crippen LogP contribution in [0, 0.1) is 5.82 Å². The number of carbonyl (C=O) groups is 1. The molecule has 2 aromatic rings. The van der Waals surface area contributed by atoms with Gasteiger partial charge in [0, 0.05) is 30.0 Å². The van der Waals surface area contributed by atoms with Gasteiger partial charge in [-0.3, -0.25) is 5.73 Å². The van der Waals surface area contributed by atoms with Crippen LogP contribution in [0.1, 0.15) is 36.7 Å². The average molecular weight is 465 g/mol. The molecule has 4 N–H and O–H groups in total. The van der Waals surface area contributed by atoms with E-state index in [-0.39, 0.29) is 17.6 Å². The van der Waals surface area contributed by atoms with Crippen molar-refractivity contribution in [1.29, 1.82) is 0 Å². The van der Waals surface area contributed by atoms with Crippen molar-refractivity contribution < 1.29 is 14.3 Å². The lowest BCUT2D eigenvalue weighted by molar-refractivity contribution is 0.0623. The van der Waals surface area contributed by atoms with Crippen LogP contribution in [0.5, 0.6) is 0 Å². The van der Waals surface area contributed by atoms with Crippen molar-refractivity contribution in [2.45, 2.75) is 38.6 Å². The summed E-state index contributed by atoms with van der Waals surface area (Å²) in [5, 5.41) is 13.7. The number of hydrogen-bond acceptors (Lipinski definition) is 3. The largest absolute Gasteiger partial charge is 0.372 e. The molecule has 0 saturated heterocycles. The number of rotatable bonds is 3. The highest BCUT2D eigenvalue weighted by atomic mass is 35.5. The van der Waals surface area contributed by atoms with E-state index >= 15 is 0 Å². The van der Waals surface area contributed by atoms with Gasteiger partial charge < -0.3 is 19.9 Å². The number of amides is 2. The van der Waals surface area contributed by atoms with Gasteiger partial charge in [0.15, 0.2) is 0 Å². The highest BCUT2D eigenvalue weighted by Crippen LogP contribution is 2.41. The van der Waals surface area contributed by atoms with E-state index in [4.69, 9.17) is 28.9 Å². The van der Waals surface area contributed by atoms with E-state index in [1.54, 1.807) is 4.90 Å². The summed E-state index contributed by atoms with van der Waals surface area (Å²) in [5.41, 5.74) is 7.81. The molecular weight excluding hydrogens is 442 g/mol. The molecule has 164 valence electrons. The molecule has 2 aliphatic rings. The first kappa shape index (κ1) is 21.9. The fourth-order valence-electron chi connectivity index (χ4n) is 4.10. The Kier molecular flexibility index (Phi) is 5.87. The van der Waals surface area contributed by atoms with Crippen molar-refractivity contribution in [2.24, 2.45) is 5.73 Å². The second-order valence-electron chi connectivity index (χ2n) is 7.92. The molecule has 6 nitrogen and oxygen atoms in total. The van der Waals surface area contributed by atoms with Crippen LogP contribution < -0.4 is 11.1 Å². The molecule has 1 unspecified atom stereocenters. The first-order valence-corrected chi connectivity index (χ1v) is 10.7. The maximum absolute atomic E-state index is 13.4. The highest BCUT2D eigenvalue weighted by molar-refractivity contribution is 6.33. The van der Waals surface area contributed by atoms with Gasteiger partial charge in [0.05, 0.1) is 22.3 Å². The van der Waals surface area contributed by atoms with Gasteiger partial charge in [0.25, 0.3) is 0 Å². The van der Waals surface area contributed by atoms with Crippen LogP contribution in [-0.4, -0.2) is 27.1 Å². The quantitative estimate of drug-likeness (QED) is 0.568. The Morgan fingerprint density at radius 2 is 2.10 bits per heavy atom. The van der Waals surface area contributed by atoms with Gasteiger partial charge in [0.2, 0.25) is 0 Å². The summed E-state index contributed by atoms with van der Waals surface area (Å²) >= 11 is 12.5. The van der Waals surface area contributed by atoms with Crippen molar-refractivity contribution in [3.63, 3.8) is 0 Å². The number of benzene rings is 1. The summed E-state index contributed by atoms with van der Waals surface area (Å²) in [5.74, 6) is -0.556. The molecule has 9 heteroatoms. The third kappa shape index (κ3) is 4.23. The minimum atomic E-state index is -1.67. The van der Waals surface area contributed by atoms with E-state index in [2.05, 4.69) is 11.4 Å². The summed E-state index contributed by atoms with van der Waals surface area (Å²) in [6.45, 7) is 2.62. The van der Waals surface area contributed by atoms with Crippen LogP contribution in [0.25, 0.3) is 5.57 Å². The lowest BCUT2D eigenvalue weighted by atomic mass is 10.00. The minimum Gasteiger partial charge on any atom is -0.372 e. The monoisotopic (exact) mass is 464 g/mol. The van der Waals surface area contributed by atoms with Gasteiger partial charge in [-0.15, -0.1) is 0 Å². The lowest BCUT2D eigenvalue weighted by Crippen LogP contribution is -2.42. The fraction of sp³-hybridized carbons (Fsp3) is 0.318. The van der Waals surface area contributed by atoms with Crippen molar-refractivity contribution in [3.8, 4) is 0 Å². The SMILES string of the molecule is CC(N)(O)c1c(Cl)c(C2=CC=CCC2)n2c1CN(C(=O)Nc1ccc(F)c(Cl)c1)CC2. The second-order valence-corrected chi connectivity index (χ2v) is 8.71. The van der Waals surface area contributed by atoms with E-state index < -0.39 is 11.5 Å². The Labute approximate surface area is 189 Å². The van der Waals surface area contributed by atoms with Gasteiger partial charge in [-0.25, -0.2) is 9.18 Å². The zero-order chi connectivity index (χ0) is 22.3. The van der Waals surface area contributed by atoms with Crippen LogP contribution in [0.4, 0.5) is 14.9 Å². The number of carbonyl (C=O) groups excluding carboxylic acids is 1. The van der Waals surface area contributed by atoms with Crippen LogP contribution in [0.3, 0.4) is 0 Å². The van der Waals surface area contributed by atoms with Crippen LogP contribution in [-0.2, 0) is 18.8 Å². The molecule has 1 aliphatic heterocycles. The van der Waals surface area contributed by atoms with E-state index in [1.165, 1.54) is 25.1 Å². The van der Waals surface area contributed by atoms with Crippen molar-refractivity contribution >= 4 is 40.5 Å². The predicted molar refractivity (Wildman–Crippen MR) is 120 cm³/mol. The molecule has 1 aromatic heterocycles.